The first-order chi connectivity index (χ1) is 8.35. The molecule has 0 saturated carbocycles. The smallest absolute Gasteiger partial charge is 0.0683 e. The van der Waals surface area contributed by atoms with Crippen molar-refractivity contribution in [1.29, 1.82) is 5.26 Å². The van der Waals surface area contributed by atoms with Gasteiger partial charge in [0.25, 0.3) is 0 Å². The van der Waals surface area contributed by atoms with E-state index < -0.39 is 0 Å². The van der Waals surface area contributed by atoms with Crippen LogP contribution in [0, 0.1) is 16.7 Å². The van der Waals surface area contributed by atoms with E-state index in [0.29, 0.717) is 0 Å². The van der Waals surface area contributed by atoms with Gasteiger partial charge in [0.1, 0.15) is 0 Å². The topological polar surface area (TPSA) is 53.0 Å². The third-order valence-corrected chi connectivity index (χ3v) is 3.49. The molecule has 18 heavy (non-hydrogen) atoms. The van der Waals surface area contributed by atoms with Crippen LogP contribution in [0.3, 0.4) is 0 Å². The Morgan fingerprint density at radius 3 is 2.67 bits per heavy atom. The zero-order valence-corrected chi connectivity index (χ0v) is 12.8. The van der Waals surface area contributed by atoms with E-state index in [1.807, 2.05) is 39.1 Å². The minimum absolute atomic E-state index is 0.244. The Morgan fingerprint density at radius 2 is 2.11 bits per heavy atom. The summed E-state index contributed by atoms with van der Waals surface area (Å²) in [5.74, 6) is 0. The van der Waals surface area contributed by atoms with E-state index in [0.717, 1.165) is 35.2 Å². The van der Waals surface area contributed by atoms with Gasteiger partial charge in [-0.1, -0.05) is 15.9 Å². The summed E-state index contributed by atoms with van der Waals surface area (Å²) < 4.78 is 0.989. The van der Waals surface area contributed by atoms with Crippen molar-refractivity contribution in [3.05, 3.63) is 22.7 Å². The molecule has 3 nitrogen and oxygen atoms in total. The molecule has 0 fully saturated rings. The fraction of sp³-hybridized carbons (Fsp3) is 0.500. The highest BCUT2D eigenvalue weighted by atomic mass is 79.9. The minimum Gasteiger partial charge on any atom is -0.397 e. The molecule has 0 atom stereocenters. The summed E-state index contributed by atoms with van der Waals surface area (Å²) in [6, 6.07) is 8.23. The van der Waals surface area contributed by atoms with Gasteiger partial charge in [0, 0.05) is 18.1 Å². The normalized spacial score (nSPS) is 11.1. The van der Waals surface area contributed by atoms with Gasteiger partial charge in [-0.15, -0.1) is 0 Å². The van der Waals surface area contributed by atoms with Crippen LogP contribution in [0.1, 0.15) is 26.7 Å². The van der Waals surface area contributed by atoms with E-state index in [1.54, 1.807) is 0 Å². The summed E-state index contributed by atoms with van der Waals surface area (Å²) in [6.07, 6.45) is 1.87. The fourth-order valence-corrected chi connectivity index (χ4v) is 2.19. The van der Waals surface area contributed by atoms with Crippen molar-refractivity contribution in [1.82, 2.24) is 0 Å². The molecule has 0 radical (unpaired) electrons. The van der Waals surface area contributed by atoms with Gasteiger partial charge in [-0.2, -0.15) is 5.26 Å². The Kier molecular flexibility index (Phi) is 5.03. The summed E-state index contributed by atoms with van der Waals surface area (Å²) in [5.41, 5.74) is 7.54. The summed E-state index contributed by atoms with van der Waals surface area (Å²) in [7, 11) is 2.03. The standard InChI is InChI=1S/C14H20BrN3/c1-14(2,10-16)7-4-8-18(3)13-6-5-11(15)9-12(13)17/h5-6,9H,4,7-8,17H2,1-3H3. The monoisotopic (exact) mass is 309 g/mol. The highest BCUT2D eigenvalue weighted by molar-refractivity contribution is 9.10. The molecule has 0 aromatic heterocycles. The summed E-state index contributed by atoms with van der Waals surface area (Å²) in [6.45, 7) is 4.85. The number of rotatable bonds is 5. The molecular formula is C14H20BrN3. The first-order valence-corrected chi connectivity index (χ1v) is 6.82. The average Bonchev–Trinajstić information content (AvgIpc) is 2.28. The SMILES string of the molecule is CN(CCCC(C)(C)C#N)c1ccc(Br)cc1N. The summed E-state index contributed by atoms with van der Waals surface area (Å²) in [4.78, 5) is 2.13. The van der Waals surface area contributed by atoms with Crippen LogP contribution in [0.4, 0.5) is 11.4 Å². The van der Waals surface area contributed by atoms with Crippen molar-refractivity contribution in [3.8, 4) is 6.07 Å². The van der Waals surface area contributed by atoms with E-state index in [2.05, 4.69) is 26.9 Å². The molecule has 0 bridgehead atoms. The molecule has 0 aliphatic carbocycles. The molecule has 0 amide bonds. The minimum atomic E-state index is -0.244. The lowest BCUT2D eigenvalue weighted by Crippen LogP contribution is -2.21. The molecule has 0 unspecified atom stereocenters. The van der Waals surface area contributed by atoms with Gasteiger partial charge in [0.2, 0.25) is 0 Å². The highest BCUT2D eigenvalue weighted by Crippen LogP contribution is 2.27. The van der Waals surface area contributed by atoms with Crippen molar-refractivity contribution in [2.45, 2.75) is 26.7 Å². The van der Waals surface area contributed by atoms with Crippen molar-refractivity contribution in [2.75, 3.05) is 24.2 Å². The van der Waals surface area contributed by atoms with E-state index in [-0.39, 0.29) is 5.41 Å². The van der Waals surface area contributed by atoms with Crippen LogP contribution in [-0.4, -0.2) is 13.6 Å². The van der Waals surface area contributed by atoms with Gasteiger partial charge in [0.15, 0.2) is 0 Å². The van der Waals surface area contributed by atoms with Crippen LogP contribution in [0.5, 0.6) is 0 Å². The third kappa shape index (κ3) is 4.23. The van der Waals surface area contributed by atoms with Crippen molar-refractivity contribution >= 4 is 27.3 Å². The van der Waals surface area contributed by atoms with Crippen molar-refractivity contribution < 1.29 is 0 Å². The summed E-state index contributed by atoms with van der Waals surface area (Å²) >= 11 is 3.40. The Morgan fingerprint density at radius 1 is 1.44 bits per heavy atom. The highest BCUT2D eigenvalue weighted by Gasteiger charge is 2.16. The maximum atomic E-state index is 8.96. The molecule has 0 aliphatic heterocycles. The second-order valence-corrected chi connectivity index (χ2v) is 6.14. The lowest BCUT2D eigenvalue weighted by molar-refractivity contribution is 0.436. The number of nitrogen functional groups attached to an aromatic ring is 1. The first-order valence-electron chi connectivity index (χ1n) is 6.03. The molecule has 98 valence electrons. The number of benzene rings is 1. The second kappa shape index (κ2) is 6.10. The number of hydrogen-bond donors (Lipinski definition) is 1. The number of halogens is 1. The van der Waals surface area contributed by atoms with Gasteiger partial charge in [0.05, 0.1) is 22.9 Å². The first kappa shape index (κ1) is 14.8. The fourth-order valence-electron chi connectivity index (χ4n) is 1.81. The average molecular weight is 310 g/mol. The molecule has 4 heteroatoms. The molecule has 0 heterocycles. The number of nitrogens with two attached hydrogens (primary N) is 1. The predicted octanol–water partition coefficient (Wildman–Crippen LogP) is 3.80. The zero-order valence-electron chi connectivity index (χ0n) is 11.2. The van der Waals surface area contributed by atoms with Crippen LogP contribution < -0.4 is 10.6 Å². The molecule has 0 aliphatic rings. The summed E-state index contributed by atoms with van der Waals surface area (Å²) in [5, 5.41) is 8.96. The molecular weight excluding hydrogens is 290 g/mol. The van der Waals surface area contributed by atoms with Crippen LogP contribution in [-0.2, 0) is 0 Å². The number of anilines is 2. The quantitative estimate of drug-likeness (QED) is 0.842. The Labute approximate surface area is 118 Å². The van der Waals surface area contributed by atoms with Crippen LogP contribution in [0.2, 0.25) is 0 Å². The number of nitriles is 1. The maximum Gasteiger partial charge on any atom is 0.0683 e. The molecule has 1 rings (SSSR count). The van der Waals surface area contributed by atoms with E-state index >= 15 is 0 Å². The van der Waals surface area contributed by atoms with E-state index in [9.17, 15) is 0 Å². The Hall–Kier alpha value is -1.21. The van der Waals surface area contributed by atoms with E-state index in [1.165, 1.54) is 0 Å². The van der Waals surface area contributed by atoms with Crippen LogP contribution in [0.25, 0.3) is 0 Å². The molecule has 0 saturated heterocycles. The van der Waals surface area contributed by atoms with Gasteiger partial charge in [-0.05, 0) is 44.9 Å². The van der Waals surface area contributed by atoms with E-state index in [4.69, 9.17) is 11.0 Å². The predicted molar refractivity (Wildman–Crippen MR) is 80.5 cm³/mol. The number of hydrogen-bond acceptors (Lipinski definition) is 3. The Bertz CT molecular complexity index is 449. The Balaban J connectivity index is 2.56. The lowest BCUT2D eigenvalue weighted by Gasteiger charge is -2.23. The van der Waals surface area contributed by atoms with Crippen LogP contribution in [0.15, 0.2) is 22.7 Å². The molecule has 1 aromatic rings. The number of nitrogens with zero attached hydrogens (tertiary/aromatic N) is 2. The molecule has 2 N–H and O–H groups in total. The molecule has 0 spiro atoms. The van der Waals surface area contributed by atoms with Gasteiger partial charge in [-0.25, -0.2) is 0 Å². The lowest BCUT2D eigenvalue weighted by atomic mass is 9.90. The van der Waals surface area contributed by atoms with Crippen molar-refractivity contribution in [2.24, 2.45) is 5.41 Å². The largest absolute Gasteiger partial charge is 0.397 e. The zero-order chi connectivity index (χ0) is 13.8. The third-order valence-electron chi connectivity index (χ3n) is 3.00. The van der Waals surface area contributed by atoms with Crippen molar-refractivity contribution in [3.63, 3.8) is 0 Å². The molecule has 1 aromatic carbocycles. The maximum absolute atomic E-state index is 8.96. The van der Waals surface area contributed by atoms with Gasteiger partial charge < -0.3 is 10.6 Å². The van der Waals surface area contributed by atoms with Crippen LogP contribution >= 0.6 is 15.9 Å². The van der Waals surface area contributed by atoms with Gasteiger partial charge in [-0.3, -0.25) is 0 Å². The second-order valence-electron chi connectivity index (χ2n) is 5.22. The van der Waals surface area contributed by atoms with Gasteiger partial charge >= 0.3 is 0 Å².